The van der Waals surface area contributed by atoms with Crippen LogP contribution in [0.25, 0.3) is 0 Å². The van der Waals surface area contributed by atoms with E-state index in [0.29, 0.717) is 18.7 Å². The molecule has 0 saturated carbocycles. The molecule has 0 spiro atoms. The first-order valence-electron chi connectivity index (χ1n) is 6.68. The van der Waals surface area contributed by atoms with Crippen LogP contribution in [-0.2, 0) is 4.74 Å². The number of nitrogens with zero attached hydrogens (tertiary/aromatic N) is 1. The van der Waals surface area contributed by atoms with Crippen LogP contribution in [0.2, 0.25) is 0 Å². The molecule has 2 fully saturated rings. The van der Waals surface area contributed by atoms with Crippen molar-refractivity contribution in [3.8, 4) is 0 Å². The van der Waals surface area contributed by atoms with Gasteiger partial charge in [-0.25, -0.2) is 4.79 Å². The number of carbonyl (C=O) groups is 1. The maximum absolute atomic E-state index is 11.5. The summed E-state index contributed by atoms with van der Waals surface area (Å²) in [5, 5.41) is 7.03. The topological polar surface area (TPSA) is 53.6 Å². The Morgan fingerprint density at radius 2 is 2.12 bits per heavy atom. The number of ether oxygens (including phenoxy) is 1. The Kier molecular flexibility index (Phi) is 4.62. The van der Waals surface area contributed by atoms with E-state index >= 15 is 0 Å². The Hall–Kier alpha value is -0.810. The number of hydrogen-bond donors (Lipinski definition) is 2. The maximum atomic E-state index is 11.5. The molecule has 2 heterocycles. The lowest BCUT2D eigenvalue weighted by molar-refractivity contribution is 0.0944. The first kappa shape index (κ1) is 12.6. The van der Waals surface area contributed by atoms with Gasteiger partial charge in [-0.2, -0.15) is 0 Å². The van der Waals surface area contributed by atoms with E-state index in [0.717, 1.165) is 39.0 Å². The summed E-state index contributed by atoms with van der Waals surface area (Å²) in [7, 11) is 0. The first-order chi connectivity index (χ1) is 8.29. The number of rotatable bonds is 3. The van der Waals surface area contributed by atoms with Crippen LogP contribution in [0, 0.1) is 0 Å². The first-order valence-corrected chi connectivity index (χ1v) is 6.68. The smallest absolute Gasteiger partial charge is 0.409 e. The van der Waals surface area contributed by atoms with Gasteiger partial charge in [-0.3, -0.25) is 0 Å². The monoisotopic (exact) mass is 241 g/mol. The Bertz CT molecular complexity index is 246. The molecule has 2 rings (SSSR count). The summed E-state index contributed by atoms with van der Waals surface area (Å²) in [4.78, 5) is 13.3. The molecule has 1 amide bonds. The van der Waals surface area contributed by atoms with E-state index in [1.54, 1.807) is 0 Å². The Labute approximate surface area is 103 Å². The third-order valence-corrected chi connectivity index (χ3v) is 3.55. The van der Waals surface area contributed by atoms with Crippen molar-refractivity contribution in [1.29, 1.82) is 0 Å². The van der Waals surface area contributed by atoms with Crippen molar-refractivity contribution in [2.45, 2.75) is 38.3 Å². The maximum Gasteiger partial charge on any atom is 0.409 e. The van der Waals surface area contributed by atoms with Crippen LogP contribution in [0.3, 0.4) is 0 Å². The van der Waals surface area contributed by atoms with Gasteiger partial charge >= 0.3 is 6.09 Å². The highest BCUT2D eigenvalue weighted by atomic mass is 16.6. The van der Waals surface area contributed by atoms with Crippen LogP contribution >= 0.6 is 0 Å². The predicted octanol–water partition coefficient (Wildman–Crippen LogP) is 0.559. The zero-order valence-corrected chi connectivity index (χ0v) is 10.6. The average Bonchev–Trinajstić information content (AvgIpc) is 2.83. The van der Waals surface area contributed by atoms with Gasteiger partial charge < -0.3 is 20.3 Å². The highest BCUT2D eigenvalue weighted by Crippen LogP contribution is 2.13. The molecule has 17 heavy (non-hydrogen) atoms. The number of nitrogens with one attached hydrogen (secondary N) is 2. The molecule has 2 aliphatic heterocycles. The third-order valence-electron chi connectivity index (χ3n) is 3.55. The van der Waals surface area contributed by atoms with Crippen molar-refractivity contribution in [3.05, 3.63) is 0 Å². The van der Waals surface area contributed by atoms with Crippen molar-refractivity contribution in [1.82, 2.24) is 15.5 Å². The molecular weight excluding hydrogens is 218 g/mol. The van der Waals surface area contributed by atoms with Crippen molar-refractivity contribution in [2.75, 3.05) is 32.8 Å². The van der Waals surface area contributed by atoms with Gasteiger partial charge in [0.05, 0.1) is 6.61 Å². The van der Waals surface area contributed by atoms with Crippen LogP contribution in [0.15, 0.2) is 0 Å². The summed E-state index contributed by atoms with van der Waals surface area (Å²) in [6.07, 6.45) is 3.14. The summed E-state index contributed by atoms with van der Waals surface area (Å²) in [6, 6.07) is 1.18. The number of piperidine rings is 1. The average molecular weight is 241 g/mol. The fraction of sp³-hybridized carbons (Fsp3) is 0.917. The Balaban J connectivity index is 1.68. The molecule has 0 aliphatic carbocycles. The van der Waals surface area contributed by atoms with Gasteiger partial charge in [0.2, 0.25) is 0 Å². The van der Waals surface area contributed by atoms with Gasteiger partial charge in [0, 0.05) is 31.7 Å². The second kappa shape index (κ2) is 6.21. The fourth-order valence-corrected chi connectivity index (χ4v) is 2.57. The second-order valence-corrected chi connectivity index (χ2v) is 4.82. The van der Waals surface area contributed by atoms with E-state index in [9.17, 15) is 4.79 Å². The van der Waals surface area contributed by atoms with Gasteiger partial charge in [0.25, 0.3) is 0 Å². The number of carbonyl (C=O) groups excluding carboxylic acids is 1. The van der Waals surface area contributed by atoms with E-state index in [1.165, 1.54) is 6.42 Å². The fourth-order valence-electron chi connectivity index (χ4n) is 2.57. The molecule has 0 aromatic rings. The van der Waals surface area contributed by atoms with Crippen molar-refractivity contribution in [2.24, 2.45) is 0 Å². The minimum atomic E-state index is -0.159. The van der Waals surface area contributed by atoms with Crippen LogP contribution < -0.4 is 10.6 Å². The molecule has 2 saturated heterocycles. The number of likely N-dealkylation sites (tertiary alicyclic amines) is 1. The summed E-state index contributed by atoms with van der Waals surface area (Å²) < 4.78 is 5.01. The van der Waals surface area contributed by atoms with Crippen LogP contribution in [-0.4, -0.2) is 55.9 Å². The number of amides is 1. The summed E-state index contributed by atoms with van der Waals surface area (Å²) in [6.45, 7) is 6.15. The molecule has 0 aromatic carbocycles. The highest BCUT2D eigenvalue weighted by molar-refractivity contribution is 5.67. The Morgan fingerprint density at radius 3 is 2.71 bits per heavy atom. The largest absolute Gasteiger partial charge is 0.450 e. The van der Waals surface area contributed by atoms with Crippen molar-refractivity contribution >= 4 is 6.09 Å². The minimum Gasteiger partial charge on any atom is -0.450 e. The number of hydrogen-bond acceptors (Lipinski definition) is 4. The molecule has 1 atom stereocenters. The SMILES string of the molecule is CCOC(=O)N1CCC(NC2CCNC2)CC1. The molecule has 5 nitrogen and oxygen atoms in total. The minimum absolute atomic E-state index is 0.159. The normalized spacial score (nSPS) is 26.2. The molecule has 5 heteroatoms. The van der Waals surface area contributed by atoms with Crippen LogP contribution in [0.4, 0.5) is 4.79 Å². The molecule has 0 radical (unpaired) electrons. The van der Waals surface area contributed by atoms with Crippen LogP contribution in [0.5, 0.6) is 0 Å². The molecule has 1 unspecified atom stereocenters. The highest BCUT2D eigenvalue weighted by Gasteiger charge is 2.25. The van der Waals surface area contributed by atoms with Gasteiger partial charge in [0.1, 0.15) is 0 Å². The van der Waals surface area contributed by atoms with E-state index in [4.69, 9.17) is 4.74 Å². The van der Waals surface area contributed by atoms with Gasteiger partial charge in [-0.15, -0.1) is 0 Å². The zero-order valence-electron chi connectivity index (χ0n) is 10.6. The molecular formula is C12H23N3O2. The molecule has 0 aromatic heterocycles. The predicted molar refractivity (Wildman–Crippen MR) is 66.0 cm³/mol. The standard InChI is InChI=1S/C12H23N3O2/c1-2-17-12(16)15-7-4-10(5-8-15)14-11-3-6-13-9-11/h10-11,13-14H,2-9H2,1H3. The van der Waals surface area contributed by atoms with Gasteiger partial charge in [0.15, 0.2) is 0 Å². The lowest BCUT2D eigenvalue weighted by Crippen LogP contribution is -2.48. The molecule has 2 aliphatic rings. The van der Waals surface area contributed by atoms with Gasteiger partial charge in [-0.05, 0) is 32.7 Å². The summed E-state index contributed by atoms with van der Waals surface area (Å²) in [5.41, 5.74) is 0. The molecule has 0 bridgehead atoms. The second-order valence-electron chi connectivity index (χ2n) is 4.82. The van der Waals surface area contributed by atoms with E-state index in [-0.39, 0.29) is 6.09 Å². The zero-order chi connectivity index (χ0) is 12.1. The molecule has 98 valence electrons. The lowest BCUT2D eigenvalue weighted by atomic mass is 10.0. The van der Waals surface area contributed by atoms with Crippen molar-refractivity contribution in [3.63, 3.8) is 0 Å². The van der Waals surface area contributed by atoms with E-state index < -0.39 is 0 Å². The summed E-state index contributed by atoms with van der Waals surface area (Å²) in [5.74, 6) is 0. The van der Waals surface area contributed by atoms with Crippen LogP contribution in [0.1, 0.15) is 26.2 Å². The van der Waals surface area contributed by atoms with E-state index in [2.05, 4.69) is 10.6 Å². The quantitative estimate of drug-likeness (QED) is 0.758. The van der Waals surface area contributed by atoms with Crippen molar-refractivity contribution < 1.29 is 9.53 Å². The Morgan fingerprint density at radius 1 is 1.35 bits per heavy atom. The van der Waals surface area contributed by atoms with Gasteiger partial charge in [-0.1, -0.05) is 0 Å². The third kappa shape index (κ3) is 3.57. The summed E-state index contributed by atoms with van der Waals surface area (Å²) >= 11 is 0. The lowest BCUT2D eigenvalue weighted by Gasteiger charge is -2.33. The van der Waals surface area contributed by atoms with E-state index in [1.807, 2.05) is 11.8 Å². The molecule has 2 N–H and O–H groups in total.